The van der Waals surface area contributed by atoms with Crippen molar-refractivity contribution in [1.82, 2.24) is 0 Å². The summed E-state index contributed by atoms with van der Waals surface area (Å²) in [5.74, 6) is 0. The largest absolute Gasteiger partial charge is 0.0696 e. The summed E-state index contributed by atoms with van der Waals surface area (Å²) in [5, 5.41) is 2.96. The Morgan fingerprint density at radius 3 is 1.50 bits per heavy atom. The van der Waals surface area contributed by atoms with Gasteiger partial charge in [0.25, 0.3) is 0 Å². The lowest BCUT2D eigenvalue weighted by atomic mass is 10.1. The Labute approximate surface area is 148 Å². The summed E-state index contributed by atoms with van der Waals surface area (Å²) >= 11 is 0. The molecular formula is C23H25P. The summed E-state index contributed by atoms with van der Waals surface area (Å²) in [6, 6.07) is 31.4. The van der Waals surface area contributed by atoms with Crippen LogP contribution in [-0.4, -0.2) is 5.29 Å². The van der Waals surface area contributed by atoms with E-state index in [0.717, 1.165) is 0 Å². The van der Waals surface area contributed by atoms with Crippen LogP contribution in [0, 0.1) is 0 Å². The van der Waals surface area contributed by atoms with Crippen molar-refractivity contribution >= 4 is 18.8 Å². The molecule has 3 rings (SSSR count). The van der Waals surface area contributed by atoms with Crippen molar-refractivity contribution in [3.63, 3.8) is 0 Å². The molecule has 0 fully saturated rings. The second kappa shape index (κ2) is 10.6. The first-order valence-corrected chi connectivity index (χ1v) is 9.38. The van der Waals surface area contributed by atoms with Gasteiger partial charge in [-0.05, 0) is 29.8 Å². The molecule has 1 heteroatoms. The van der Waals surface area contributed by atoms with Crippen LogP contribution in [0.4, 0.5) is 0 Å². The summed E-state index contributed by atoms with van der Waals surface area (Å²) in [6.45, 7) is 4.46. The lowest BCUT2D eigenvalue weighted by molar-refractivity contribution is 1.00. The van der Waals surface area contributed by atoms with E-state index in [-0.39, 0.29) is 0 Å². The van der Waals surface area contributed by atoms with Gasteiger partial charge in [0.05, 0.1) is 0 Å². The molecule has 0 radical (unpaired) electrons. The minimum absolute atomic E-state index is 1.25. The minimum Gasteiger partial charge on any atom is -0.0696 e. The van der Waals surface area contributed by atoms with Gasteiger partial charge in [0, 0.05) is 5.30 Å². The van der Waals surface area contributed by atoms with Crippen molar-refractivity contribution in [1.29, 1.82) is 0 Å². The molecule has 0 nitrogen and oxygen atoms in total. The van der Waals surface area contributed by atoms with Gasteiger partial charge in [-0.15, -0.1) is 0 Å². The fourth-order valence-corrected chi connectivity index (χ4v) is 3.50. The summed E-state index contributed by atoms with van der Waals surface area (Å²) in [6.07, 6.45) is 2.50. The molecule has 24 heavy (non-hydrogen) atoms. The predicted molar refractivity (Wildman–Crippen MR) is 110 cm³/mol. The molecule has 0 aliphatic carbocycles. The average Bonchev–Trinajstić information content (AvgIpc) is 2.65. The molecule has 122 valence electrons. The molecule has 0 aliphatic heterocycles. The van der Waals surface area contributed by atoms with E-state index in [2.05, 4.69) is 92.7 Å². The molecule has 0 atom stereocenters. The van der Waals surface area contributed by atoms with E-state index in [9.17, 15) is 0 Å². The van der Waals surface area contributed by atoms with Crippen molar-refractivity contribution in [2.75, 3.05) is 0 Å². The lowest BCUT2D eigenvalue weighted by Gasteiger charge is -1.98. The van der Waals surface area contributed by atoms with Crippen LogP contribution >= 0.6 is 8.20 Å². The van der Waals surface area contributed by atoms with Crippen molar-refractivity contribution in [3.05, 3.63) is 91.0 Å². The van der Waals surface area contributed by atoms with Crippen LogP contribution in [-0.2, 0) is 0 Å². The third-order valence-electron chi connectivity index (χ3n) is 3.57. The minimum atomic E-state index is 1.25. The summed E-state index contributed by atoms with van der Waals surface area (Å²) in [4.78, 5) is 0. The Hall–Kier alpha value is -2.17. The normalized spacial score (nSPS) is 10.7. The Morgan fingerprint density at radius 2 is 1.08 bits per heavy atom. The van der Waals surface area contributed by atoms with E-state index in [1.165, 1.54) is 37.5 Å². The molecule has 0 spiro atoms. The van der Waals surface area contributed by atoms with Crippen LogP contribution < -0.4 is 5.30 Å². The highest BCUT2D eigenvalue weighted by Crippen LogP contribution is 2.17. The molecule has 0 saturated carbocycles. The lowest BCUT2D eigenvalue weighted by Crippen LogP contribution is -1.93. The van der Waals surface area contributed by atoms with Crippen LogP contribution in [0.2, 0.25) is 0 Å². The van der Waals surface area contributed by atoms with Gasteiger partial charge in [-0.1, -0.05) is 113 Å². The third-order valence-corrected chi connectivity index (χ3v) is 4.73. The Bertz CT molecular complexity index is 678. The summed E-state index contributed by atoms with van der Waals surface area (Å²) in [5.41, 5.74) is 2.55. The van der Waals surface area contributed by atoms with Gasteiger partial charge in [0.1, 0.15) is 0 Å². The van der Waals surface area contributed by atoms with Crippen molar-refractivity contribution in [2.45, 2.75) is 26.7 Å². The van der Waals surface area contributed by atoms with Gasteiger partial charge < -0.3 is 0 Å². The van der Waals surface area contributed by atoms with Crippen molar-refractivity contribution in [3.8, 4) is 11.1 Å². The maximum absolute atomic E-state index is 2.23. The van der Waals surface area contributed by atoms with Crippen molar-refractivity contribution < 1.29 is 0 Å². The van der Waals surface area contributed by atoms with E-state index in [1.54, 1.807) is 5.29 Å². The van der Waals surface area contributed by atoms with Crippen molar-refractivity contribution in [2.24, 2.45) is 0 Å². The molecule has 0 bridgehead atoms. The summed E-state index contributed by atoms with van der Waals surface area (Å²) < 4.78 is 0. The maximum atomic E-state index is 2.23. The second-order valence-corrected chi connectivity index (χ2v) is 7.17. The van der Waals surface area contributed by atoms with Gasteiger partial charge in [0.15, 0.2) is 0 Å². The highest BCUT2D eigenvalue weighted by atomic mass is 31.1. The number of hydrogen-bond donors (Lipinski definition) is 0. The molecule has 0 aromatic heterocycles. The van der Waals surface area contributed by atoms with Gasteiger partial charge in [-0.2, -0.15) is 0 Å². The Morgan fingerprint density at radius 1 is 0.667 bits per heavy atom. The molecule has 0 saturated heterocycles. The maximum Gasteiger partial charge on any atom is 0.00171 e. The first-order valence-electron chi connectivity index (χ1n) is 8.49. The van der Waals surface area contributed by atoms with Gasteiger partial charge >= 0.3 is 0 Å². The predicted octanol–water partition coefficient (Wildman–Crippen LogP) is 6.60. The van der Waals surface area contributed by atoms with Gasteiger partial charge in [-0.3, -0.25) is 0 Å². The molecular weight excluding hydrogens is 307 g/mol. The van der Waals surface area contributed by atoms with E-state index in [4.69, 9.17) is 0 Å². The van der Waals surface area contributed by atoms with E-state index in [0.29, 0.717) is 0 Å². The van der Waals surface area contributed by atoms with Crippen LogP contribution in [0.15, 0.2) is 91.0 Å². The van der Waals surface area contributed by atoms with E-state index >= 15 is 0 Å². The zero-order valence-corrected chi connectivity index (χ0v) is 15.4. The SMILES string of the molecule is CCCC(C)=Pc1ccccc1.c1ccc(-c2ccccc2)cc1. The van der Waals surface area contributed by atoms with Crippen LogP contribution in [0.25, 0.3) is 11.1 Å². The highest BCUT2D eigenvalue weighted by molar-refractivity contribution is 7.48. The molecule has 0 N–H and O–H groups in total. The number of hydrogen-bond acceptors (Lipinski definition) is 0. The van der Waals surface area contributed by atoms with Crippen LogP contribution in [0.5, 0.6) is 0 Å². The molecule has 0 heterocycles. The molecule has 3 aromatic rings. The Balaban J connectivity index is 0.000000174. The second-order valence-electron chi connectivity index (χ2n) is 5.66. The molecule has 0 amide bonds. The zero-order chi connectivity index (χ0) is 17.0. The summed E-state index contributed by atoms with van der Waals surface area (Å²) in [7, 11) is 1.39. The van der Waals surface area contributed by atoms with E-state index in [1.807, 2.05) is 12.1 Å². The monoisotopic (exact) mass is 332 g/mol. The fourth-order valence-electron chi connectivity index (χ4n) is 2.40. The zero-order valence-electron chi connectivity index (χ0n) is 14.5. The van der Waals surface area contributed by atoms with Gasteiger partial charge in [-0.25, -0.2) is 0 Å². The molecule has 0 unspecified atom stereocenters. The smallest absolute Gasteiger partial charge is 0.00171 e. The third kappa shape index (κ3) is 6.52. The van der Waals surface area contributed by atoms with Crippen LogP contribution in [0.1, 0.15) is 26.7 Å². The highest BCUT2D eigenvalue weighted by Gasteiger charge is 1.92. The number of rotatable bonds is 4. The first kappa shape index (κ1) is 18.2. The van der Waals surface area contributed by atoms with E-state index < -0.39 is 0 Å². The average molecular weight is 332 g/mol. The Kier molecular flexibility index (Phi) is 8.01. The fraction of sp³-hybridized carbons (Fsp3) is 0.174. The quantitative estimate of drug-likeness (QED) is 0.472. The first-order chi connectivity index (χ1) is 11.8. The van der Waals surface area contributed by atoms with Crippen LogP contribution in [0.3, 0.4) is 0 Å². The standard InChI is InChI=1S/C12H10.C11H15P/c1-3-7-11(8-4-1)12-9-5-2-6-10-12;1-3-7-10(2)12-11-8-5-4-6-9-11/h1-10H;4-6,8-9H,3,7H2,1-2H3. The molecule has 0 aliphatic rings. The van der Waals surface area contributed by atoms with Gasteiger partial charge in [0.2, 0.25) is 0 Å². The topological polar surface area (TPSA) is 0 Å². The number of benzene rings is 3. The molecule has 3 aromatic carbocycles.